The van der Waals surface area contributed by atoms with E-state index in [1.807, 2.05) is 6.07 Å². The van der Waals surface area contributed by atoms with E-state index in [9.17, 15) is 0 Å². The first kappa shape index (κ1) is 9.07. The van der Waals surface area contributed by atoms with Crippen LogP contribution < -0.4 is 4.74 Å². The Morgan fingerprint density at radius 1 is 1.31 bits per heavy atom. The summed E-state index contributed by atoms with van der Waals surface area (Å²) in [5.41, 5.74) is 1.24. The molecule has 1 aromatic rings. The van der Waals surface area contributed by atoms with E-state index in [0.29, 0.717) is 6.10 Å². The highest BCUT2D eigenvalue weighted by Crippen LogP contribution is 2.27. The summed E-state index contributed by atoms with van der Waals surface area (Å²) < 4.78 is 6.88. The molecule has 0 radical (unpaired) electrons. The van der Waals surface area contributed by atoms with Crippen molar-refractivity contribution in [3.05, 3.63) is 28.2 Å². The van der Waals surface area contributed by atoms with Gasteiger partial charge in [-0.2, -0.15) is 0 Å². The molecule has 2 heteroatoms. The van der Waals surface area contributed by atoms with Gasteiger partial charge in [-0.05, 0) is 49.9 Å². The molecule has 0 aromatic heterocycles. The summed E-state index contributed by atoms with van der Waals surface area (Å²) >= 11 is 3.46. The summed E-state index contributed by atoms with van der Waals surface area (Å²) in [5, 5.41) is 0. The Labute approximate surface area is 87.2 Å². The quantitative estimate of drug-likeness (QED) is 0.767. The second-order valence-electron chi connectivity index (χ2n) is 3.64. The molecule has 1 saturated carbocycles. The van der Waals surface area contributed by atoms with E-state index >= 15 is 0 Å². The van der Waals surface area contributed by atoms with Crippen molar-refractivity contribution in [2.45, 2.75) is 32.3 Å². The molecule has 1 fully saturated rings. The fraction of sp³-hybridized carbons (Fsp3) is 0.455. The van der Waals surface area contributed by atoms with Gasteiger partial charge < -0.3 is 4.74 Å². The maximum absolute atomic E-state index is 5.78. The maximum atomic E-state index is 5.78. The molecular weight excluding hydrogens is 228 g/mol. The number of ether oxygens (including phenoxy) is 1. The van der Waals surface area contributed by atoms with E-state index in [2.05, 4.69) is 35.0 Å². The normalized spacial score (nSPS) is 16.8. The van der Waals surface area contributed by atoms with Crippen LogP contribution >= 0.6 is 15.9 Å². The van der Waals surface area contributed by atoms with Crippen LogP contribution in [0.5, 0.6) is 5.75 Å². The van der Waals surface area contributed by atoms with E-state index in [1.54, 1.807) is 0 Å². The van der Waals surface area contributed by atoms with Crippen molar-refractivity contribution >= 4 is 15.9 Å². The zero-order valence-corrected chi connectivity index (χ0v) is 9.30. The molecule has 13 heavy (non-hydrogen) atoms. The number of hydrogen-bond donors (Lipinski definition) is 0. The van der Waals surface area contributed by atoms with Gasteiger partial charge in [-0.25, -0.2) is 0 Å². The van der Waals surface area contributed by atoms with E-state index in [4.69, 9.17) is 4.74 Å². The molecule has 0 atom stereocenters. The van der Waals surface area contributed by atoms with Crippen molar-refractivity contribution in [3.63, 3.8) is 0 Å². The Hall–Kier alpha value is -0.500. The minimum absolute atomic E-state index is 0.466. The highest BCUT2D eigenvalue weighted by Gasteiger charge is 2.18. The molecule has 0 spiro atoms. The molecule has 0 unspecified atom stereocenters. The zero-order valence-electron chi connectivity index (χ0n) is 7.72. The van der Waals surface area contributed by atoms with Crippen molar-refractivity contribution in [2.75, 3.05) is 0 Å². The lowest BCUT2D eigenvalue weighted by Crippen LogP contribution is -2.24. The van der Waals surface area contributed by atoms with Crippen molar-refractivity contribution in [2.24, 2.45) is 0 Å². The summed E-state index contributed by atoms with van der Waals surface area (Å²) in [6, 6.07) is 6.21. The van der Waals surface area contributed by atoms with Gasteiger partial charge >= 0.3 is 0 Å². The third kappa shape index (κ3) is 2.25. The van der Waals surface area contributed by atoms with Gasteiger partial charge in [0.2, 0.25) is 0 Å². The van der Waals surface area contributed by atoms with Crippen LogP contribution in [0.25, 0.3) is 0 Å². The summed E-state index contributed by atoms with van der Waals surface area (Å²) in [6.07, 6.45) is 4.21. The van der Waals surface area contributed by atoms with Crippen LogP contribution in [0.2, 0.25) is 0 Å². The molecule has 1 aromatic carbocycles. The first-order valence-corrected chi connectivity index (χ1v) is 5.47. The summed E-state index contributed by atoms with van der Waals surface area (Å²) in [6.45, 7) is 2.08. The molecule has 0 aliphatic heterocycles. The smallest absolute Gasteiger partial charge is 0.121 e. The van der Waals surface area contributed by atoms with E-state index in [1.165, 1.54) is 24.8 Å². The lowest BCUT2D eigenvalue weighted by atomic mass is 9.96. The fourth-order valence-electron chi connectivity index (χ4n) is 1.45. The predicted octanol–water partition coefficient (Wildman–Crippen LogP) is 3.69. The Bertz CT molecular complexity index is 285. The number of hydrogen-bond acceptors (Lipinski definition) is 1. The van der Waals surface area contributed by atoms with Gasteiger partial charge in [0, 0.05) is 4.47 Å². The lowest BCUT2D eigenvalue weighted by molar-refractivity contribution is 0.120. The average molecular weight is 241 g/mol. The largest absolute Gasteiger partial charge is 0.490 e. The van der Waals surface area contributed by atoms with Gasteiger partial charge in [0.15, 0.2) is 0 Å². The van der Waals surface area contributed by atoms with Crippen molar-refractivity contribution in [1.82, 2.24) is 0 Å². The van der Waals surface area contributed by atoms with Crippen LogP contribution in [0.15, 0.2) is 22.7 Å². The van der Waals surface area contributed by atoms with Gasteiger partial charge in [0.1, 0.15) is 5.75 Å². The SMILES string of the molecule is Cc1cc(Br)cc(OC2CCC2)c1. The van der Waals surface area contributed by atoms with Crippen LogP contribution in [0.1, 0.15) is 24.8 Å². The van der Waals surface area contributed by atoms with Crippen molar-refractivity contribution < 1.29 is 4.74 Å². The number of benzene rings is 1. The minimum Gasteiger partial charge on any atom is -0.490 e. The molecule has 70 valence electrons. The van der Waals surface area contributed by atoms with Crippen molar-refractivity contribution in [3.8, 4) is 5.75 Å². The molecule has 1 aliphatic rings. The second kappa shape index (κ2) is 3.70. The Morgan fingerprint density at radius 2 is 2.08 bits per heavy atom. The maximum Gasteiger partial charge on any atom is 0.121 e. The first-order chi connectivity index (χ1) is 6.24. The van der Waals surface area contributed by atoms with E-state index in [-0.39, 0.29) is 0 Å². The molecule has 0 bridgehead atoms. The van der Waals surface area contributed by atoms with E-state index in [0.717, 1.165) is 10.2 Å². The molecule has 0 amide bonds. The van der Waals surface area contributed by atoms with E-state index < -0.39 is 0 Å². The molecule has 2 rings (SSSR count). The third-order valence-electron chi connectivity index (χ3n) is 2.37. The summed E-state index contributed by atoms with van der Waals surface area (Å²) in [4.78, 5) is 0. The van der Waals surface area contributed by atoms with Crippen LogP contribution in [-0.4, -0.2) is 6.10 Å². The fourth-order valence-corrected chi connectivity index (χ4v) is 2.04. The highest BCUT2D eigenvalue weighted by atomic mass is 79.9. The topological polar surface area (TPSA) is 9.23 Å². The monoisotopic (exact) mass is 240 g/mol. The van der Waals surface area contributed by atoms with Crippen LogP contribution in [0, 0.1) is 6.92 Å². The summed E-state index contributed by atoms with van der Waals surface area (Å²) in [5.74, 6) is 0.997. The summed E-state index contributed by atoms with van der Waals surface area (Å²) in [7, 11) is 0. The number of rotatable bonds is 2. The zero-order chi connectivity index (χ0) is 9.26. The van der Waals surface area contributed by atoms with Gasteiger partial charge in [-0.3, -0.25) is 0 Å². The molecule has 0 saturated heterocycles. The number of halogens is 1. The second-order valence-corrected chi connectivity index (χ2v) is 4.55. The Kier molecular flexibility index (Phi) is 2.58. The molecule has 1 nitrogen and oxygen atoms in total. The first-order valence-electron chi connectivity index (χ1n) is 4.68. The predicted molar refractivity (Wildman–Crippen MR) is 57.1 cm³/mol. The molecule has 0 N–H and O–H groups in total. The number of aryl methyl sites for hydroxylation is 1. The Morgan fingerprint density at radius 3 is 2.62 bits per heavy atom. The third-order valence-corrected chi connectivity index (χ3v) is 2.83. The lowest BCUT2D eigenvalue weighted by Gasteiger charge is -2.26. The molecule has 1 aliphatic carbocycles. The molecule has 0 heterocycles. The van der Waals surface area contributed by atoms with Gasteiger partial charge in [-0.15, -0.1) is 0 Å². The van der Waals surface area contributed by atoms with Gasteiger partial charge in [0.05, 0.1) is 6.10 Å². The molecular formula is C11H13BrO. The van der Waals surface area contributed by atoms with Crippen molar-refractivity contribution in [1.29, 1.82) is 0 Å². The van der Waals surface area contributed by atoms with Crippen LogP contribution in [-0.2, 0) is 0 Å². The standard InChI is InChI=1S/C11H13BrO/c1-8-5-9(12)7-11(6-8)13-10-3-2-4-10/h5-7,10H,2-4H2,1H3. The van der Waals surface area contributed by atoms with Gasteiger partial charge in [-0.1, -0.05) is 15.9 Å². The minimum atomic E-state index is 0.466. The van der Waals surface area contributed by atoms with Crippen LogP contribution in [0.4, 0.5) is 0 Å². The van der Waals surface area contributed by atoms with Gasteiger partial charge in [0.25, 0.3) is 0 Å². The average Bonchev–Trinajstić information content (AvgIpc) is 1.95. The van der Waals surface area contributed by atoms with Crippen LogP contribution in [0.3, 0.4) is 0 Å². The highest BCUT2D eigenvalue weighted by molar-refractivity contribution is 9.10. The Balaban J connectivity index is 2.10.